The lowest BCUT2D eigenvalue weighted by molar-refractivity contribution is -0.121. The molecular formula is C24H27N3O6S3. The molecule has 1 amide bonds. The first kappa shape index (κ1) is 26.4. The van der Waals surface area contributed by atoms with Crippen LogP contribution in [0.1, 0.15) is 23.2 Å². The third-order valence-corrected chi connectivity index (χ3v) is 9.54. The van der Waals surface area contributed by atoms with E-state index in [4.69, 9.17) is 9.47 Å². The highest BCUT2D eigenvalue weighted by atomic mass is 32.2. The van der Waals surface area contributed by atoms with Crippen LogP contribution in [0.2, 0.25) is 0 Å². The quantitative estimate of drug-likeness (QED) is 0.397. The van der Waals surface area contributed by atoms with Gasteiger partial charge in [0.25, 0.3) is 5.91 Å². The Labute approximate surface area is 217 Å². The summed E-state index contributed by atoms with van der Waals surface area (Å²) in [5, 5.41) is 0. The second kappa shape index (κ2) is 11.2. The van der Waals surface area contributed by atoms with Crippen molar-refractivity contribution in [2.75, 3.05) is 32.8 Å². The third kappa shape index (κ3) is 5.22. The zero-order valence-electron chi connectivity index (χ0n) is 20.2. The molecule has 2 aromatic carbocycles. The number of esters is 1. The summed E-state index contributed by atoms with van der Waals surface area (Å²) in [4.78, 5) is 30.3. The predicted molar refractivity (Wildman–Crippen MR) is 140 cm³/mol. The fraction of sp³-hybridized carbons (Fsp3) is 0.375. The number of thiazole rings is 1. The van der Waals surface area contributed by atoms with Crippen LogP contribution in [0.25, 0.3) is 10.2 Å². The van der Waals surface area contributed by atoms with Gasteiger partial charge < -0.3 is 14.0 Å². The summed E-state index contributed by atoms with van der Waals surface area (Å²) >= 11 is 2.95. The molecular weight excluding hydrogens is 522 g/mol. The maximum atomic E-state index is 13.3. The van der Waals surface area contributed by atoms with Gasteiger partial charge in [-0.3, -0.25) is 4.79 Å². The van der Waals surface area contributed by atoms with Gasteiger partial charge in [-0.1, -0.05) is 11.3 Å². The number of amides is 1. The fourth-order valence-corrected chi connectivity index (χ4v) is 7.25. The zero-order chi connectivity index (χ0) is 25.9. The Morgan fingerprint density at radius 2 is 1.92 bits per heavy atom. The molecule has 0 radical (unpaired) electrons. The minimum absolute atomic E-state index is 0.107. The highest BCUT2D eigenvalue weighted by molar-refractivity contribution is 7.98. The van der Waals surface area contributed by atoms with Gasteiger partial charge in [-0.15, -0.1) is 0 Å². The molecule has 1 fully saturated rings. The number of nitrogens with zero attached hydrogens (tertiary/aromatic N) is 3. The van der Waals surface area contributed by atoms with E-state index in [0.717, 1.165) is 16.0 Å². The number of fused-ring (bicyclic) bond motifs is 1. The molecule has 1 unspecified atom stereocenters. The van der Waals surface area contributed by atoms with Gasteiger partial charge in [0.1, 0.15) is 11.8 Å². The average molecular weight is 550 g/mol. The minimum atomic E-state index is -3.88. The van der Waals surface area contributed by atoms with Crippen molar-refractivity contribution < 1.29 is 27.5 Å². The molecule has 1 aromatic heterocycles. The number of aromatic nitrogens is 1. The van der Waals surface area contributed by atoms with Gasteiger partial charge in [-0.05, 0) is 61.6 Å². The number of carbonyl (C=O) groups excluding carboxylic acids is 2. The molecule has 192 valence electrons. The maximum absolute atomic E-state index is 13.3. The lowest BCUT2D eigenvalue weighted by Crippen LogP contribution is -2.40. The highest BCUT2D eigenvalue weighted by Gasteiger charge is 2.39. The number of methoxy groups -OCH3 is 2. The van der Waals surface area contributed by atoms with Gasteiger partial charge in [-0.25, -0.2) is 13.2 Å². The van der Waals surface area contributed by atoms with Crippen molar-refractivity contribution in [3.8, 4) is 5.75 Å². The van der Waals surface area contributed by atoms with E-state index in [0.29, 0.717) is 35.5 Å². The molecule has 1 atom stereocenters. The molecule has 1 aliphatic heterocycles. The van der Waals surface area contributed by atoms with Gasteiger partial charge >= 0.3 is 5.97 Å². The normalized spacial score (nSPS) is 17.0. The largest absolute Gasteiger partial charge is 0.497 e. The van der Waals surface area contributed by atoms with E-state index in [1.165, 1.54) is 42.0 Å². The standard InChI is InChI=1S/C24H27N3O6S3/c1-32-17-7-9-18(10-8-17)36(30,31)27-12-4-5-20(27)22(28)25-24-26(13-14-34-3)19-11-6-16(23(29)33-2)15-21(19)35-24/h6-11,15,20H,4-5,12-14H2,1-3H3. The van der Waals surface area contributed by atoms with E-state index in [1.807, 2.05) is 16.9 Å². The van der Waals surface area contributed by atoms with Gasteiger partial charge in [-0.2, -0.15) is 21.1 Å². The number of aryl methyl sites for hydroxylation is 1. The number of ether oxygens (including phenoxy) is 2. The number of hydrogen-bond acceptors (Lipinski definition) is 8. The van der Waals surface area contributed by atoms with Gasteiger partial charge in [0.2, 0.25) is 10.0 Å². The Bertz CT molecular complexity index is 1440. The summed E-state index contributed by atoms with van der Waals surface area (Å²) in [6.07, 6.45) is 2.97. The van der Waals surface area contributed by atoms with Crippen molar-refractivity contribution >= 4 is 55.2 Å². The third-order valence-electron chi connectivity index (χ3n) is 5.98. The molecule has 4 rings (SSSR count). The lowest BCUT2D eigenvalue weighted by Gasteiger charge is -2.21. The highest BCUT2D eigenvalue weighted by Crippen LogP contribution is 2.28. The van der Waals surface area contributed by atoms with Crippen molar-refractivity contribution in [2.24, 2.45) is 4.99 Å². The minimum Gasteiger partial charge on any atom is -0.497 e. The molecule has 36 heavy (non-hydrogen) atoms. The summed E-state index contributed by atoms with van der Waals surface area (Å²) in [5.41, 5.74) is 1.26. The fourth-order valence-electron chi connectivity index (χ4n) is 4.13. The van der Waals surface area contributed by atoms with Gasteiger partial charge in [0.05, 0.1) is 34.9 Å². The van der Waals surface area contributed by atoms with E-state index < -0.39 is 27.9 Å². The first-order valence-corrected chi connectivity index (χ1v) is 14.9. The topological polar surface area (TPSA) is 107 Å². The van der Waals surface area contributed by atoms with E-state index >= 15 is 0 Å². The van der Waals surface area contributed by atoms with Gasteiger partial charge in [0.15, 0.2) is 4.80 Å². The first-order valence-electron chi connectivity index (χ1n) is 11.2. The summed E-state index contributed by atoms with van der Waals surface area (Å²) < 4.78 is 40.6. The Morgan fingerprint density at radius 3 is 2.58 bits per heavy atom. The lowest BCUT2D eigenvalue weighted by atomic mass is 10.2. The molecule has 0 spiro atoms. The van der Waals surface area contributed by atoms with Crippen molar-refractivity contribution in [3.05, 3.63) is 52.8 Å². The van der Waals surface area contributed by atoms with Crippen molar-refractivity contribution in [1.29, 1.82) is 0 Å². The van der Waals surface area contributed by atoms with Crippen LogP contribution in [-0.4, -0.2) is 68.0 Å². The molecule has 9 nitrogen and oxygen atoms in total. The molecule has 0 saturated carbocycles. The second-order valence-corrected chi connectivity index (χ2v) is 12.0. The van der Waals surface area contributed by atoms with E-state index in [-0.39, 0.29) is 11.4 Å². The molecule has 3 aromatic rings. The number of thioether (sulfide) groups is 1. The molecule has 1 aliphatic rings. The van der Waals surface area contributed by atoms with Crippen LogP contribution in [0.15, 0.2) is 52.4 Å². The number of benzene rings is 2. The van der Waals surface area contributed by atoms with Crippen LogP contribution >= 0.6 is 23.1 Å². The smallest absolute Gasteiger partial charge is 0.337 e. The molecule has 0 N–H and O–H groups in total. The van der Waals surface area contributed by atoms with Crippen LogP contribution < -0.4 is 9.54 Å². The van der Waals surface area contributed by atoms with E-state index in [1.54, 1.807) is 36.0 Å². The molecule has 0 bridgehead atoms. The van der Waals surface area contributed by atoms with Crippen LogP contribution in [0.5, 0.6) is 5.75 Å². The summed E-state index contributed by atoms with van der Waals surface area (Å²) in [7, 11) is -1.04. The SMILES string of the molecule is COC(=O)c1ccc2c(c1)sc(=NC(=O)C1CCCN1S(=O)(=O)c1ccc(OC)cc1)n2CCSC. The van der Waals surface area contributed by atoms with Gasteiger partial charge in [0, 0.05) is 18.8 Å². The maximum Gasteiger partial charge on any atom is 0.337 e. The number of sulfonamides is 1. The van der Waals surface area contributed by atoms with Crippen molar-refractivity contribution in [2.45, 2.75) is 30.3 Å². The molecule has 2 heterocycles. The summed E-state index contributed by atoms with van der Waals surface area (Å²) in [6, 6.07) is 10.5. The predicted octanol–water partition coefficient (Wildman–Crippen LogP) is 3.14. The van der Waals surface area contributed by atoms with Crippen molar-refractivity contribution in [3.63, 3.8) is 0 Å². The Hall–Kier alpha value is -2.67. The molecule has 0 aliphatic carbocycles. The van der Waals surface area contributed by atoms with E-state index in [2.05, 4.69) is 4.99 Å². The van der Waals surface area contributed by atoms with Crippen molar-refractivity contribution in [1.82, 2.24) is 8.87 Å². The number of rotatable bonds is 8. The van der Waals surface area contributed by atoms with E-state index in [9.17, 15) is 18.0 Å². The summed E-state index contributed by atoms with van der Waals surface area (Å²) in [5.74, 6) is 0.406. The Balaban J connectivity index is 1.71. The van der Waals surface area contributed by atoms with Crippen LogP contribution in [0.3, 0.4) is 0 Å². The number of carbonyl (C=O) groups is 2. The average Bonchev–Trinajstić information content (AvgIpc) is 3.52. The van der Waals surface area contributed by atoms with Crippen LogP contribution in [0, 0.1) is 0 Å². The zero-order valence-corrected chi connectivity index (χ0v) is 22.6. The molecule has 12 heteroatoms. The second-order valence-electron chi connectivity index (χ2n) is 8.10. The Morgan fingerprint density at radius 1 is 1.17 bits per heavy atom. The van der Waals surface area contributed by atoms with Crippen LogP contribution in [-0.2, 0) is 26.1 Å². The first-order chi connectivity index (χ1) is 17.3. The summed E-state index contributed by atoms with van der Waals surface area (Å²) in [6.45, 7) is 0.866. The van der Waals surface area contributed by atoms with Crippen LogP contribution in [0.4, 0.5) is 0 Å². The monoisotopic (exact) mass is 549 g/mol. The Kier molecular flexibility index (Phi) is 8.18. The number of hydrogen-bond donors (Lipinski definition) is 0. The molecule has 1 saturated heterocycles.